The van der Waals surface area contributed by atoms with E-state index in [2.05, 4.69) is 19.3 Å². The standard InChI is InChI=1S/C28H40F2N4O2/c1-3-5-7-11-19-34(20-12-8-6-4-2)28(36)24-15-13-18-33(22-24)21-17-23-14-9-10-16-25(23)31-32-27(35)26(29)30/h9-10,13-16,18,22,26,31H,3-8,11-12,17,19-21H2,1-2H3/p+1. The first-order chi connectivity index (χ1) is 17.5. The van der Waals surface area contributed by atoms with Crippen molar-refractivity contribution in [2.75, 3.05) is 18.5 Å². The molecule has 0 atom stereocenters. The highest BCUT2D eigenvalue weighted by molar-refractivity contribution is 5.93. The first kappa shape index (κ1) is 29.2. The lowest BCUT2D eigenvalue weighted by molar-refractivity contribution is -0.696. The van der Waals surface area contributed by atoms with E-state index in [9.17, 15) is 18.4 Å². The second-order valence-electron chi connectivity index (χ2n) is 9.07. The number of para-hydroxylation sites is 1. The maximum atomic E-state index is 13.4. The fraction of sp³-hybridized carbons (Fsp3) is 0.536. The molecule has 0 unspecified atom stereocenters. The molecule has 2 N–H and O–H groups in total. The fourth-order valence-corrected chi connectivity index (χ4v) is 4.04. The molecule has 8 heteroatoms. The third-order valence-electron chi connectivity index (χ3n) is 6.13. The number of benzene rings is 1. The summed E-state index contributed by atoms with van der Waals surface area (Å²) >= 11 is 0. The van der Waals surface area contributed by atoms with E-state index in [0.29, 0.717) is 24.2 Å². The number of anilines is 1. The van der Waals surface area contributed by atoms with Crippen molar-refractivity contribution in [2.45, 2.75) is 84.6 Å². The molecule has 0 radical (unpaired) electrons. The number of pyridine rings is 1. The number of aryl methyl sites for hydroxylation is 2. The van der Waals surface area contributed by atoms with E-state index in [-0.39, 0.29) is 5.91 Å². The third-order valence-corrected chi connectivity index (χ3v) is 6.13. The van der Waals surface area contributed by atoms with Crippen molar-refractivity contribution < 1.29 is 22.9 Å². The van der Waals surface area contributed by atoms with Gasteiger partial charge in [0.05, 0.1) is 5.69 Å². The Bertz CT molecular complexity index is 927. The van der Waals surface area contributed by atoms with Crippen LogP contribution in [-0.2, 0) is 17.8 Å². The first-order valence-corrected chi connectivity index (χ1v) is 13.2. The maximum Gasteiger partial charge on any atom is 0.317 e. The Morgan fingerprint density at radius 1 is 0.917 bits per heavy atom. The third kappa shape index (κ3) is 10.3. The molecule has 0 bridgehead atoms. The van der Waals surface area contributed by atoms with Gasteiger partial charge in [0.15, 0.2) is 18.9 Å². The largest absolute Gasteiger partial charge is 0.338 e. The van der Waals surface area contributed by atoms with Crippen LogP contribution in [-0.4, -0.2) is 36.2 Å². The Balaban J connectivity index is 2.03. The lowest BCUT2D eigenvalue weighted by Gasteiger charge is -2.22. The smallest absolute Gasteiger partial charge is 0.317 e. The average molecular weight is 504 g/mol. The molecule has 2 amide bonds. The summed E-state index contributed by atoms with van der Waals surface area (Å²) in [5.41, 5.74) is 6.70. The Labute approximate surface area is 214 Å². The summed E-state index contributed by atoms with van der Waals surface area (Å²) in [4.78, 5) is 26.6. The van der Waals surface area contributed by atoms with Crippen molar-refractivity contribution in [1.29, 1.82) is 0 Å². The fourth-order valence-electron chi connectivity index (χ4n) is 4.04. The van der Waals surface area contributed by atoms with Gasteiger partial charge in [0.25, 0.3) is 5.91 Å². The number of carbonyl (C=O) groups is 2. The predicted molar refractivity (Wildman–Crippen MR) is 139 cm³/mol. The number of aromatic nitrogens is 1. The van der Waals surface area contributed by atoms with Gasteiger partial charge in [0.2, 0.25) is 0 Å². The number of hydrazine groups is 1. The summed E-state index contributed by atoms with van der Waals surface area (Å²) in [7, 11) is 0. The van der Waals surface area contributed by atoms with Gasteiger partial charge in [-0.3, -0.25) is 20.4 Å². The highest BCUT2D eigenvalue weighted by Gasteiger charge is 2.19. The summed E-state index contributed by atoms with van der Waals surface area (Å²) in [6.07, 6.45) is 10.3. The molecular weight excluding hydrogens is 462 g/mol. The van der Waals surface area contributed by atoms with Crippen LogP contribution in [0.15, 0.2) is 48.8 Å². The highest BCUT2D eigenvalue weighted by atomic mass is 19.3. The van der Waals surface area contributed by atoms with Crippen LogP contribution in [0.1, 0.15) is 81.1 Å². The van der Waals surface area contributed by atoms with Gasteiger partial charge in [-0.05, 0) is 30.5 Å². The second kappa shape index (κ2) is 16.6. The average Bonchev–Trinajstić information content (AvgIpc) is 2.89. The van der Waals surface area contributed by atoms with E-state index in [1.807, 2.05) is 51.6 Å². The van der Waals surface area contributed by atoms with E-state index in [4.69, 9.17) is 0 Å². The predicted octanol–water partition coefficient (Wildman–Crippen LogP) is 5.53. The molecule has 0 fully saturated rings. The number of nitrogens with zero attached hydrogens (tertiary/aromatic N) is 2. The topological polar surface area (TPSA) is 65.3 Å². The van der Waals surface area contributed by atoms with E-state index in [1.165, 1.54) is 25.7 Å². The molecule has 0 aliphatic rings. The monoisotopic (exact) mass is 503 g/mol. The summed E-state index contributed by atoms with van der Waals surface area (Å²) in [5.74, 6) is -1.31. The van der Waals surface area contributed by atoms with Crippen molar-refractivity contribution in [1.82, 2.24) is 10.3 Å². The SMILES string of the molecule is CCCCCCN(CCCCCC)C(=O)c1ccc[n+](CCc2ccccc2NNC(=O)C(F)F)c1. The molecule has 6 nitrogen and oxygen atoms in total. The first-order valence-electron chi connectivity index (χ1n) is 13.2. The van der Waals surface area contributed by atoms with Gasteiger partial charge in [-0.2, -0.15) is 8.78 Å². The van der Waals surface area contributed by atoms with Crippen molar-refractivity contribution in [3.8, 4) is 0 Å². The number of hydrogen-bond donors (Lipinski definition) is 2. The van der Waals surface area contributed by atoms with Crippen molar-refractivity contribution in [3.05, 3.63) is 59.9 Å². The van der Waals surface area contributed by atoms with Crippen LogP contribution in [0.4, 0.5) is 14.5 Å². The van der Waals surface area contributed by atoms with E-state index in [1.54, 1.807) is 12.1 Å². The minimum atomic E-state index is -3.08. The Hall–Kier alpha value is -3.03. The summed E-state index contributed by atoms with van der Waals surface area (Å²) in [5, 5.41) is 0. The summed E-state index contributed by atoms with van der Waals surface area (Å²) in [6, 6.07) is 11.0. The molecule has 0 aliphatic carbocycles. The van der Waals surface area contributed by atoms with Gasteiger partial charge in [-0.1, -0.05) is 70.6 Å². The Morgan fingerprint density at radius 3 is 2.22 bits per heavy atom. The zero-order valence-corrected chi connectivity index (χ0v) is 21.6. The van der Waals surface area contributed by atoms with Crippen LogP contribution in [0.5, 0.6) is 0 Å². The Morgan fingerprint density at radius 2 is 1.58 bits per heavy atom. The number of alkyl halides is 2. The number of halogens is 2. The van der Waals surface area contributed by atoms with Crippen molar-refractivity contribution in [3.63, 3.8) is 0 Å². The molecule has 1 aromatic heterocycles. The van der Waals surface area contributed by atoms with Crippen LogP contribution >= 0.6 is 0 Å². The van der Waals surface area contributed by atoms with Gasteiger partial charge in [0, 0.05) is 25.6 Å². The van der Waals surface area contributed by atoms with Crippen LogP contribution < -0.4 is 15.4 Å². The second-order valence-corrected chi connectivity index (χ2v) is 9.07. The summed E-state index contributed by atoms with van der Waals surface area (Å²) < 4.78 is 26.9. The number of rotatable bonds is 17. The molecule has 198 valence electrons. The normalized spacial score (nSPS) is 10.9. The summed E-state index contributed by atoms with van der Waals surface area (Å²) in [6.45, 7) is 6.52. The van der Waals surface area contributed by atoms with Crippen LogP contribution in [0.25, 0.3) is 0 Å². The zero-order chi connectivity index (χ0) is 26.2. The van der Waals surface area contributed by atoms with Crippen LogP contribution in [0.2, 0.25) is 0 Å². The lowest BCUT2D eigenvalue weighted by Crippen LogP contribution is -2.38. The van der Waals surface area contributed by atoms with Gasteiger partial charge >= 0.3 is 12.3 Å². The van der Waals surface area contributed by atoms with Gasteiger partial charge in [-0.15, -0.1) is 0 Å². The zero-order valence-electron chi connectivity index (χ0n) is 21.6. The van der Waals surface area contributed by atoms with Crippen LogP contribution in [0.3, 0.4) is 0 Å². The van der Waals surface area contributed by atoms with Gasteiger partial charge in [-0.25, -0.2) is 4.57 Å². The molecule has 1 heterocycles. The molecule has 2 rings (SSSR count). The number of carbonyl (C=O) groups excluding carboxylic acids is 2. The lowest BCUT2D eigenvalue weighted by atomic mass is 10.1. The molecule has 0 spiro atoms. The number of unbranched alkanes of at least 4 members (excludes halogenated alkanes) is 6. The van der Waals surface area contributed by atoms with Crippen molar-refractivity contribution in [2.24, 2.45) is 0 Å². The number of hydrogen-bond acceptors (Lipinski definition) is 3. The molecule has 0 saturated carbocycles. The van der Waals surface area contributed by atoms with Gasteiger partial charge in [0.1, 0.15) is 5.56 Å². The van der Waals surface area contributed by atoms with E-state index >= 15 is 0 Å². The van der Waals surface area contributed by atoms with E-state index < -0.39 is 12.3 Å². The van der Waals surface area contributed by atoms with Gasteiger partial charge < -0.3 is 4.90 Å². The minimum absolute atomic E-state index is 0.0640. The molecule has 36 heavy (non-hydrogen) atoms. The molecular formula is C28H41F2N4O2+. The van der Waals surface area contributed by atoms with Crippen molar-refractivity contribution >= 4 is 17.5 Å². The molecule has 0 saturated heterocycles. The van der Waals surface area contributed by atoms with Crippen LogP contribution in [0, 0.1) is 0 Å². The van der Waals surface area contributed by atoms with E-state index in [0.717, 1.165) is 44.3 Å². The number of nitrogens with one attached hydrogen (secondary N) is 2. The molecule has 1 aromatic carbocycles. The molecule has 0 aliphatic heterocycles. The molecule has 2 aromatic rings. The maximum absolute atomic E-state index is 13.4. The highest BCUT2D eigenvalue weighted by Crippen LogP contribution is 2.15. The minimum Gasteiger partial charge on any atom is -0.338 e. The number of amides is 2. The quantitative estimate of drug-likeness (QED) is 0.170. The Kier molecular flexibility index (Phi) is 13.5.